The standard InChI is InChI=1S/C10H19N5O2/c1-4-16-7-6-15(3)9-12-8(11)13-10(14-9)17-5-2/h4-7H2,1-3H3,(H2,11,12,13,14). The molecule has 1 aromatic heterocycles. The maximum atomic E-state index is 5.58. The Bertz CT molecular complexity index is 347. The number of ether oxygens (including phenoxy) is 2. The Morgan fingerprint density at radius 1 is 1.18 bits per heavy atom. The van der Waals surface area contributed by atoms with Gasteiger partial charge in [0, 0.05) is 20.2 Å². The average Bonchev–Trinajstić information content (AvgIpc) is 2.29. The number of aromatic nitrogens is 3. The summed E-state index contributed by atoms with van der Waals surface area (Å²) in [5, 5.41) is 0. The fourth-order valence-corrected chi connectivity index (χ4v) is 1.17. The summed E-state index contributed by atoms with van der Waals surface area (Å²) in [7, 11) is 1.86. The van der Waals surface area contributed by atoms with Crippen LogP contribution in [0.25, 0.3) is 0 Å². The molecule has 0 fully saturated rings. The lowest BCUT2D eigenvalue weighted by molar-refractivity contribution is 0.154. The Kier molecular flexibility index (Phi) is 5.41. The predicted molar refractivity (Wildman–Crippen MR) is 65.2 cm³/mol. The number of likely N-dealkylation sites (N-methyl/N-ethyl adjacent to an activating group) is 1. The van der Waals surface area contributed by atoms with E-state index < -0.39 is 0 Å². The van der Waals surface area contributed by atoms with Gasteiger partial charge in [-0.15, -0.1) is 0 Å². The lowest BCUT2D eigenvalue weighted by atomic mass is 10.6. The van der Waals surface area contributed by atoms with Crippen LogP contribution < -0.4 is 15.4 Å². The molecule has 0 unspecified atom stereocenters. The minimum absolute atomic E-state index is 0.154. The molecule has 96 valence electrons. The van der Waals surface area contributed by atoms with Gasteiger partial charge in [0.15, 0.2) is 0 Å². The molecule has 7 heteroatoms. The fraction of sp³-hybridized carbons (Fsp3) is 0.700. The van der Waals surface area contributed by atoms with Crippen molar-refractivity contribution in [3.8, 4) is 6.01 Å². The van der Waals surface area contributed by atoms with Gasteiger partial charge in [0.2, 0.25) is 11.9 Å². The highest BCUT2D eigenvalue weighted by Crippen LogP contribution is 2.11. The van der Waals surface area contributed by atoms with Gasteiger partial charge >= 0.3 is 6.01 Å². The van der Waals surface area contributed by atoms with Crippen LogP contribution in [-0.2, 0) is 4.74 Å². The van der Waals surface area contributed by atoms with Gasteiger partial charge in [0.25, 0.3) is 0 Å². The Morgan fingerprint density at radius 2 is 1.94 bits per heavy atom. The summed E-state index contributed by atoms with van der Waals surface area (Å²) in [4.78, 5) is 13.9. The lowest BCUT2D eigenvalue weighted by Gasteiger charge is -2.17. The van der Waals surface area contributed by atoms with Crippen molar-refractivity contribution < 1.29 is 9.47 Å². The van der Waals surface area contributed by atoms with Crippen molar-refractivity contribution in [2.75, 3.05) is 44.0 Å². The maximum absolute atomic E-state index is 5.58. The van der Waals surface area contributed by atoms with Gasteiger partial charge in [0.1, 0.15) is 0 Å². The van der Waals surface area contributed by atoms with Crippen molar-refractivity contribution in [1.29, 1.82) is 0 Å². The summed E-state index contributed by atoms with van der Waals surface area (Å²) in [6.45, 7) is 6.29. The number of nitrogens with two attached hydrogens (primary N) is 1. The highest BCUT2D eigenvalue weighted by molar-refractivity contribution is 5.34. The first kappa shape index (κ1) is 13.4. The number of anilines is 2. The van der Waals surface area contributed by atoms with E-state index in [9.17, 15) is 0 Å². The molecule has 0 saturated carbocycles. The van der Waals surface area contributed by atoms with E-state index in [1.165, 1.54) is 0 Å². The average molecular weight is 241 g/mol. The van der Waals surface area contributed by atoms with Gasteiger partial charge in [-0.2, -0.15) is 15.0 Å². The van der Waals surface area contributed by atoms with Gasteiger partial charge in [0.05, 0.1) is 13.2 Å². The normalized spacial score (nSPS) is 10.3. The maximum Gasteiger partial charge on any atom is 0.323 e. The number of nitrogen functional groups attached to an aromatic ring is 1. The minimum Gasteiger partial charge on any atom is -0.464 e. The van der Waals surface area contributed by atoms with Gasteiger partial charge in [-0.1, -0.05) is 0 Å². The molecule has 1 rings (SSSR count). The second kappa shape index (κ2) is 6.85. The second-order valence-electron chi connectivity index (χ2n) is 3.33. The SMILES string of the molecule is CCOCCN(C)c1nc(N)nc(OCC)n1. The van der Waals surface area contributed by atoms with E-state index >= 15 is 0 Å². The molecule has 0 amide bonds. The first-order valence-electron chi connectivity index (χ1n) is 5.60. The molecular weight excluding hydrogens is 222 g/mol. The second-order valence-corrected chi connectivity index (χ2v) is 3.33. The van der Waals surface area contributed by atoms with E-state index in [0.29, 0.717) is 32.3 Å². The molecular formula is C10H19N5O2. The van der Waals surface area contributed by atoms with Gasteiger partial charge in [-0.05, 0) is 13.8 Å². The Balaban J connectivity index is 2.67. The van der Waals surface area contributed by atoms with Gasteiger partial charge in [-0.3, -0.25) is 0 Å². The first-order chi connectivity index (χ1) is 8.17. The molecule has 0 radical (unpaired) electrons. The zero-order valence-corrected chi connectivity index (χ0v) is 10.5. The van der Waals surface area contributed by atoms with Crippen LogP contribution in [0.15, 0.2) is 0 Å². The molecule has 0 spiro atoms. The summed E-state index contributed by atoms with van der Waals surface area (Å²) in [6.07, 6.45) is 0. The number of hydrogen-bond acceptors (Lipinski definition) is 7. The van der Waals surface area contributed by atoms with Crippen LogP contribution in [-0.4, -0.2) is 48.4 Å². The van der Waals surface area contributed by atoms with Crippen molar-refractivity contribution in [2.24, 2.45) is 0 Å². The van der Waals surface area contributed by atoms with Crippen LogP contribution in [0.3, 0.4) is 0 Å². The van der Waals surface area contributed by atoms with E-state index in [0.717, 1.165) is 0 Å². The predicted octanol–water partition coefficient (Wildman–Crippen LogP) is 0.325. The van der Waals surface area contributed by atoms with Crippen LogP contribution in [0.1, 0.15) is 13.8 Å². The third-order valence-corrected chi connectivity index (χ3v) is 2.01. The molecule has 0 aromatic carbocycles. The highest BCUT2D eigenvalue weighted by atomic mass is 16.5. The van der Waals surface area contributed by atoms with Crippen LogP contribution in [0, 0.1) is 0 Å². The van der Waals surface area contributed by atoms with Crippen molar-refractivity contribution >= 4 is 11.9 Å². The summed E-state index contributed by atoms with van der Waals surface area (Å²) < 4.78 is 10.5. The Hall–Kier alpha value is -1.63. The van der Waals surface area contributed by atoms with E-state index in [1.54, 1.807) is 0 Å². The van der Waals surface area contributed by atoms with Crippen LogP contribution in [0.4, 0.5) is 11.9 Å². The smallest absolute Gasteiger partial charge is 0.323 e. The van der Waals surface area contributed by atoms with E-state index in [4.69, 9.17) is 15.2 Å². The molecule has 17 heavy (non-hydrogen) atoms. The third kappa shape index (κ3) is 4.39. The fourth-order valence-electron chi connectivity index (χ4n) is 1.17. The summed E-state index contributed by atoms with van der Waals surface area (Å²) in [6, 6.07) is 0.248. The van der Waals surface area contributed by atoms with Crippen LogP contribution in [0.2, 0.25) is 0 Å². The first-order valence-corrected chi connectivity index (χ1v) is 5.60. The minimum atomic E-state index is 0.154. The lowest BCUT2D eigenvalue weighted by Crippen LogP contribution is -2.25. The zero-order chi connectivity index (χ0) is 12.7. The summed E-state index contributed by atoms with van der Waals surface area (Å²) in [5.41, 5.74) is 5.58. The van der Waals surface area contributed by atoms with Crippen molar-refractivity contribution in [2.45, 2.75) is 13.8 Å². The van der Waals surface area contributed by atoms with Crippen molar-refractivity contribution in [3.05, 3.63) is 0 Å². The van der Waals surface area contributed by atoms with E-state index in [-0.39, 0.29) is 12.0 Å². The molecule has 7 nitrogen and oxygen atoms in total. The van der Waals surface area contributed by atoms with Crippen LogP contribution in [0.5, 0.6) is 6.01 Å². The molecule has 2 N–H and O–H groups in total. The van der Waals surface area contributed by atoms with Crippen molar-refractivity contribution in [3.63, 3.8) is 0 Å². The number of rotatable bonds is 7. The monoisotopic (exact) mass is 241 g/mol. The molecule has 1 heterocycles. The molecule has 0 aliphatic heterocycles. The van der Waals surface area contributed by atoms with Crippen LogP contribution >= 0.6 is 0 Å². The summed E-state index contributed by atoms with van der Waals surface area (Å²) in [5.74, 6) is 0.641. The third-order valence-electron chi connectivity index (χ3n) is 2.01. The molecule has 1 aromatic rings. The number of nitrogens with zero attached hydrogens (tertiary/aromatic N) is 4. The van der Waals surface area contributed by atoms with Gasteiger partial charge < -0.3 is 20.1 Å². The van der Waals surface area contributed by atoms with Gasteiger partial charge in [-0.25, -0.2) is 0 Å². The molecule has 0 bridgehead atoms. The molecule has 0 saturated heterocycles. The largest absolute Gasteiger partial charge is 0.464 e. The van der Waals surface area contributed by atoms with E-state index in [1.807, 2.05) is 25.8 Å². The summed E-state index contributed by atoms with van der Waals surface area (Å²) >= 11 is 0. The molecule has 0 aliphatic carbocycles. The number of hydrogen-bond donors (Lipinski definition) is 1. The zero-order valence-electron chi connectivity index (χ0n) is 10.5. The Labute approximate surface area is 101 Å². The molecule has 0 aliphatic rings. The highest BCUT2D eigenvalue weighted by Gasteiger charge is 2.09. The quantitative estimate of drug-likeness (QED) is 0.688. The molecule has 0 atom stereocenters. The van der Waals surface area contributed by atoms with E-state index in [2.05, 4.69) is 15.0 Å². The topological polar surface area (TPSA) is 86.4 Å². The van der Waals surface area contributed by atoms with Crippen molar-refractivity contribution in [1.82, 2.24) is 15.0 Å². The Morgan fingerprint density at radius 3 is 2.59 bits per heavy atom.